The predicted octanol–water partition coefficient (Wildman–Crippen LogP) is 1.05. The zero-order chi connectivity index (χ0) is 4.99. The summed E-state index contributed by atoms with van der Waals surface area (Å²) < 4.78 is 10.0. The summed E-state index contributed by atoms with van der Waals surface area (Å²) in [5, 5.41) is 7.82. The van der Waals surface area contributed by atoms with Gasteiger partial charge in [0.25, 0.3) is 0 Å². The first-order chi connectivity index (χ1) is 2.81. The molecule has 3 heteroatoms. The highest BCUT2D eigenvalue weighted by atomic mass is 31.1. The molecule has 0 rings (SSSR count). The SMILES string of the molecule is CC[PH](=O)C#N. The Morgan fingerprint density at radius 1 is 2.00 bits per heavy atom. The largest absolute Gasteiger partial charge is 0.311 e. The average Bonchev–Trinajstić information content (AvgIpc) is 1.65. The van der Waals surface area contributed by atoms with Gasteiger partial charge in [-0.2, -0.15) is 5.26 Å². The predicted molar refractivity (Wildman–Crippen MR) is 25.2 cm³/mol. The van der Waals surface area contributed by atoms with Crippen LogP contribution in [0, 0.1) is 11.1 Å². The zero-order valence-electron chi connectivity index (χ0n) is 3.56. The fraction of sp³-hybridized carbons (Fsp3) is 0.667. The van der Waals surface area contributed by atoms with Crippen LogP contribution in [0.4, 0.5) is 0 Å². The highest BCUT2D eigenvalue weighted by Crippen LogP contribution is 2.14. The molecule has 0 aliphatic heterocycles. The third-order valence-corrected chi connectivity index (χ3v) is 1.34. The molecule has 0 spiro atoms. The van der Waals surface area contributed by atoms with Gasteiger partial charge in [-0.15, -0.1) is 0 Å². The molecular weight excluding hydrogens is 97.0 g/mol. The number of hydrogen-bond acceptors (Lipinski definition) is 2. The lowest BCUT2D eigenvalue weighted by Crippen LogP contribution is -1.55. The van der Waals surface area contributed by atoms with E-state index in [0.717, 1.165) is 0 Å². The molecule has 34 valence electrons. The lowest BCUT2D eigenvalue weighted by atomic mass is 11.0. The maximum atomic E-state index is 10.0. The molecule has 0 aliphatic rings. The summed E-state index contributed by atoms with van der Waals surface area (Å²) in [6, 6.07) is 0. The molecule has 2 nitrogen and oxygen atoms in total. The first-order valence-corrected chi connectivity index (χ1v) is 3.35. The van der Waals surface area contributed by atoms with Crippen LogP contribution >= 0.6 is 7.80 Å². The van der Waals surface area contributed by atoms with E-state index in [1.807, 2.05) is 0 Å². The standard InChI is InChI=1S/C3H6NOP/c1-2-6(5)3-4/h6H,2H2,1H3. The van der Waals surface area contributed by atoms with Crippen molar-refractivity contribution in [2.24, 2.45) is 0 Å². The summed E-state index contributed by atoms with van der Waals surface area (Å²) in [6.45, 7) is 1.74. The molecule has 0 fully saturated rings. The summed E-state index contributed by atoms with van der Waals surface area (Å²) in [6.07, 6.45) is 0.515. The maximum Gasteiger partial charge on any atom is 0.170 e. The van der Waals surface area contributed by atoms with Crippen LogP contribution in [0.25, 0.3) is 0 Å². The highest BCUT2D eigenvalue weighted by Gasteiger charge is 1.83. The van der Waals surface area contributed by atoms with Crippen LogP contribution in [0.15, 0.2) is 0 Å². The van der Waals surface area contributed by atoms with Crippen LogP contribution in [0.3, 0.4) is 0 Å². The molecule has 0 heterocycles. The minimum atomic E-state index is -1.81. The third kappa shape index (κ3) is 1.99. The van der Waals surface area contributed by atoms with Crippen LogP contribution in [-0.4, -0.2) is 6.16 Å². The van der Waals surface area contributed by atoms with Crippen molar-refractivity contribution in [1.82, 2.24) is 0 Å². The first-order valence-electron chi connectivity index (χ1n) is 1.74. The van der Waals surface area contributed by atoms with Gasteiger partial charge >= 0.3 is 0 Å². The molecule has 0 aromatic carbocycles. The van der Waals surface area contributed by atoms with Crippen LogP contribution < -0.4 is 0 Å². The summed E-state index contributed by atoms with van der Waals surface area (Å²) in [5.41, 5.74) is 0. The topological polar surface area (TPSA) is 40.9 Å². The fourth-order valence-corrected chi connectivity index (χ4v) is 0.237. The molecule has 0 N–H and O–H groups in total. The monoisotopic (exact) mass is 103 g/mol. The van der Waals surface area contributed by atoms with E-state index in [9.17, 15) is 4.57 Å². The Bertz CT molecular complexity index is 93.5. The Morgan fingerprint density at radius 3 is 2.50 bits per heavy atom. The van der Waals surface area contributed by atoms with Gasteiger partial charge in [0, 0.05) is 6.16 Å². The van der Waals surface area contributed by atoms with Crippen molar-refractivity contribution in [2.75, 3.05) is 6.16 Å². The maximum absolute atomic E-state index is 10.0. The molecule has 6 heavy (non-hydrogen) atoms. The number of nitriles is 1. The van der Waals surface area contributed by atoms with Crippen molar-refractivity contribution in [3.63, 3.8) is 0 Å². The van der Waals surface area contributed by atoms with Gasteiger partial charge in [0.05, 0.1) is 0 Å². The van der Waals surface area contributed by atoms with Gasteiger partial charge < -0.3 is 4.57 Å². The van der Waals surface area contributed by atoms with E-state index in [1.165, 1.54) is 0 Å². The summed E-state index contributed by atoms with van der Waals surface area (Å²) in [5.74, 6) is 1.66. The Labute approximate surface area is 37.6 Å². The van der Waals surface area contributed by atoms with Crippen molar-refractivity contribution in [3.05, 3.63) is 0 Å². The van der Waals surface area contributed by atoms with Crippen molar-refractivity contribution in [2.45, 2.75) is 6.92 Å². The number of rotatable bonds is 1. The quantitative estimate of drug-likeness (QED) is 0.465. The van der Waals surface area contributed by atoms with Crippen LogP contribution in [0.1, 0.15) is 6.92 Å². The van der Waals surface area contributed by atoms with Gasteiger partial charge in [-0.1, -0.05) is 6.92 Å². The fourth-order valence-electron chi connectivity index (χ4n) is 0.0791. The van der Waals surface area contributed by atoms with Crippen molar-refractivity contribution in [3.8, 4) is 5.81 Å². The van der Waals surface area contributed by atoms with E-state index in [0.29, 0.717) is 6.16 Å². The van der Waals surface area contributed by atoms with Crippen molar-refractivity contribution in [1.29, 1.82) is 5.26 Å². The van der Waals surface area contributed by atoms with Crippen LogP contribution in [0.2, 0.25) is 0 Å². The molecule has 0 saturated carbocycles. The average molecular weight is 103 g/mol. The van der Waals surface area contributed by atoms with Crippen molar-refractivity contribution >= 4 is 7.80 Å². The Morgan fingerprint density at radius 2 is 2.50 bits per heavy atom. The van der Waals surface area contributed by atoms with Gasteiger partial charge in [0.1, 0.15) is 5.81 Å². The van der Waals surface area contributed by atoms with Crippen LogP contribution in [-0.2, 0) is 4.57 Å². The van der Waals surface area contributed by atoms with E-state index in [-0.39, 0.29) is 0 Å². The summed E-state index contributed by atoms with van der Waals surface area (Å²) >= 11 is 0. The number of nitrogens with zero attached hydrogens (tertiary/aromatic N) is 1. The molecule has 0 saturated heterocycles. The lowest BCUT2D eigenvalue weighted by Gasteiger charge is -1.71. The van der Waals surface area contributed by atoms with E-state index >= 15 is 0 Å². The number of hydrogen-bond donors (Lipinski definition) is 0. The highest BCUT2D eigenvalue weighted by molar-refractivity contribution is 7.50. The molecule has 0 bridgehead atoms. The molecule has 0 amide bonds. The zero-order valence-corrected chi connectivity index (χ0v) is 4.56. The van der Waals surface area contributed by atoms with Crippen molar-refractivity contribution < 1.29 is 4.57 Å². The van der Waals surface area contributed by atoms with Crippen LogP contribution in [0.5, 0.6) is 0 Å². The second-order valence-electron chi connectivity index (χ2n) is 0.889. The molecule has 0 aromatic rings. The van der Waals surface area contributed by atoms with Gasteiger partial charge in [-0.3, -0.25) is 0 Å². The summed E-state index contributed by atoms with van der Waals surface area (Å²) in [4.78, 5) is 0. The second kappa shape index (κ2) is 2.93. The lowest BCUT2D eigenvalue weighted by molar-refractivity contribution is 0.594. The van der Waals surface area contributed by atoms with E-state index < -0.39 is 7.80 Å². The van der Waals surface area contributed by atoms with E-state index in [2.05, 4.69) is 0 Å². The summed E-state index contributed by atoms with van der Waals surface area (Å²) in [7, 11) is -1.81. The van der Waals surface area contributed by atoms with Gasteiger partial charge in [0.2, 0.25) is 0 Å². The van der Waals surface area contributed by atoms with E-state index in [1.54, 1.807) is 12.7 Å². The Hall–Kier alpha value is -0.280. The van der Waals surface area contributed by atoms with Gasteiger partial charge in [-0.25, -0.2) is 0 Å². The Kier molecular flexibility index (Phi) is 2.80. The van der Waals surface area contributed by atoms with E-state index in [4.69, 9.17) is 5.26 Å². The molecule has 0 aromatic heterocycles. The Balaban J connectivity index is 3.33. The molecule has 0 aliphatic carbocycles. The normalized spacial score (nSPS) is 12.7. The smallest absolute Gasteiger partial charge is 0.170 e. The molecule has 1 unspecified atom stereocenters. The van der Waals surface area contributed by atoms with Gasteiger partial charge in [-0.05, 0) is 0 Å². The third-order valence-electron chi connectivity index (χ3n) is 0.446. The molecular formula is C3H6NOP. The van der Waals surface area contributed by atoms with Gasteiger partial charge in [0.15, 0.2) is 7.80 Å². The molecule has 1 atom stereocenters. The molecule has 0 radical (unpaired) electrons. The second-order valence-corrected chi connectivity index (χ2v) is 2.67. The minimum absolute atomic E-state index is 0.515. The minimum Gasteiger partial charge on any atom is -0.311 e. The first kappa shape index (κ1) is 5.72.